The highest BCUT2D eigenvalue weighted by atomic mass is 35.5. The summed E-state index contributed by atoms with van der Waals surface area (Å²) in [5.74, 6) is 1.61. The lowest BCUT2D eigenvalue weighted by Crippen LogP contribution is -2.48. The zero-order chi connectivity index (χ0) is 22.2. The molecule has 5 rings (SSSR count). The van der Waals surface area contributed by atoms with Crippen molar-refractivity contribution in [3.8, 4) is 11.8 Å². The molecule has 2 fully saturated rings. The number of ether oxygens (including phenoxy) is 1. The zero-order valence-electron chi connectivity index (χ0n) is 17.6. The second kappa shape index (κ2) is 8.38. The highest BCUT2D eigenvalue weighted by molar-refractivity contribution is 6.30. The zero-order valence-corrected chi connectivity index (χ0v) is 18.3. The number of nitrogens with one attached hydrogen (secondary N) is 1. The summed E-state index contributed by atoms with van der Waals surface area (Å²) in [7, 11) is 0. The van der Waals surface area contributed by atoms with Gasteiger partial charge in [0.15, 0.2) is 11.6 Å². The Bertz CT molecular complexity index is 1140. The number of benzene rings is 1. The molecule has 32 heavy (non-hydrogen) atoms. The molecule has 0 spiro atoms. The minimum Gasteiger partial charge on any atom is -0.421 e. The van der Waals surface area contributed by atoms with Gasteiger partial charge in [0.1, 0.15) is 12.1 Å². The molecular weight excluding hydrogens is 433 g/mol. The van der Waals surface area contributed by atoms with E-state index in [9.17, 15) is 4.39 Å². The maximum atomic E-state index is 14.2. The summed E-state index contributed by atoms with van der Waals surface area (Å²) >= 11 is 5.85. The number of hydrogen-bond donors (Lipinski definition) is 1. The van der Waals surface area contributed by atoms with Crippen molar-refractivity contribution in [2.45, 2.75) is 25.8 Å². The Morgan fingerprint density at radius 3 is 2.75 bits per heavy atom. The van der Waals surface area contributed by atoms with Gasteiger partial charge in [-0.1, -0.05) is 24.2 Å². The van der Waals surface area contributed by atoms with Crippen LogP contribution in [0.3, 0.4) is 0 Å². The molecule has 3 aromatic rings. The summed E-state index contributed by atoms with van der Waals surface area (Å²) in [5, 5.41) is 7.88. The number of rotatable bonds is 6. The molecule has 1 aliphatic heterocycles. The molecule has 166 valence electrons. The number of piperidine rings is 1. The van der Waals surface area contributed by atoms with Crippen molar-refractivity contribution in [3.63, 3.8) is 0 Å². The molecule has 10 heteroatoms. The lowest BCUT2D eigenvalue weighted by molar-refractivity contribution is 0.374. The lowest BCUT2D eigenvalue weighted by atomic mass is 9.92. The number of nitrogens with zero attached hydrogens (tertiary/aromatic N) is 6. The molecule has 0 amide bonds. The number of hydrogen-bond acceptors (Lipinski definition) is 7. The van der Waals surface area contributed by atoms with E-state index in [0.717, 1.165) is 37.4 Å². The summed E-state index contributed by atoms with van der Waals surface area (Å²) in [5.41, 5.74) is 0.963. The van der Waals surface area contributed by atoms with Crippen molar-refractivity contribution in [1.82, 2.24) is 24.7 Å². The summed E-state index contributed by atoms with van der Waals surface area (Å²) in [4.78, 5) is 15.4. The van der Waals surface area contributed by atoms with Gasteiger partial charge >= 0.3 is 6.01 Å². The SMILES string of the molecule is C=Cn1nc(NC2[C@@H]3CC[C@H]2CN(c2cc(C)ncn2)C3)nc1Oc1cccc(Cl)c1F. The van der Waals surface area contributed by atoms with Gasteiger partial charge in [-0.25, -0.2) is 14.4 Å². The van der Waals surface area contributed by atoms with E-state index in [1.165, 1.54) is 23.0 Å². The van der Waals surface area contributed by atoms with Crippen LogP contribution in [0.5, 0.6) is 11.8 Å². The van der Waals surface area contributed by atoms with Gasteiger partial charge in [-0.2, -0.15) is 9.67 Å². The molecule has 8 nitrogen and oxygen atoms in total. The van der Waals surface area contributed by atoms with Crippen LogP contribution in [0.4, 0.5) is 16.2 Å². The first-order valence-electron chi connectivity index (χ1n) is 10.5. The molecule has 1 N–H and O–H groups in total. The van der Waals surface area contributed by atoms with Gasteiger partial charge in [0.2, 0.25) is 5.95 Å². The average Bonchev–Trinajstić information content (AvgIpc) is 3.26. The number of halogens is 2. The number of fused-ring (bicyclic) bond motifs is 2. The normalized spacial score (nSPS) is 22.1. The Hall–Kier alpha value is -3.20. The second-order valence-electron chi connectivity index (χ2n) is 8.19. The third-order valence-electron chi connectivity index (χ3n) is 6.13. The fourth-order valence-corrected chi connectivity index (χ4v) is 4.79. The first-order chi connectivity index (χ1) is 15.5. The molecule has 1 saturated heterocycles. The summed E-state index contributed by atoms with van der Waals surface area (Å²) in [6.07, 6.45) is 5.34. The maximum absolute atomic E-state index is 14.2. The van der Waals surface area contributed by atoms with E-state index in [4.69, 9.17) is 16.3 Å². The van der Waals surface area contributed by atoms with E-state index in [1.807, 2.05) is 13.0 Å². The predicted molar refractivity (Wildman–Crippen MR) is 120 cm³/mol. The Kier molecular flexibility index (Phi) is 5.42. The molecule has 1 unspecified atom stereocenters. The molecule has 1 aliphatic carbocycles. The third-order valence-corrected chi connectivity index (χ3v) is 6.43. The highest BCUT2D eigenvalue weighted by Crippen LogP contribution is 2.40. The first kappa shape index (κ1) is 20.7. The molecule has 3 heterocycles. The highest BCUT2D eigenvalue weighted by Gasteiger charge is 2.43. The van der Waals surface area contributed by atoms with E-state index < -0.39 is 5.82 Å². The van der Waals surface area contributed by atoms with Gasteiger partial charge < -0.3 is 15.0 Å². The number of aromatic nitrogens is 5. The third kappa shape index (κ3) is 3.88. The molecule has 2 bridgehead atoms. The largest absolute Gasteiger partial charge is 0.421 e. The van der Waals surface area contributed by atoms with Crippen LogP contribution in [0.2, 0.25) is 5.02 Å². The van der Waals surface area contributed by atoms with E-state index in [-0.39, 0.29) is 22.8 Å². The smallest absolute Gasteiger partial charge is 0.326 e. The summed E-state index contributed by atoms with van der Waals surface area (Å²) < 4.78 is 21.3. The van der Waals surface area contributed by atoms with Gasteiger partial charge in [0, 0.05) is 37.1 Å². The fraction of sp³-hybridized carbons (Fsp3) is 0.364. The minimum absolute atomic E-state index is 0.0203. The quantitative estimate of drug-likeness (QED) is 0.590. The van der Waals surface area contributed by atoms with E-state index in [2.05, 4.69) is 36.8 Å². The Balaban J connectivity index is 1.32. The van der Waals surface area contributed by atoms with Crippen LogP contribution < -0.4 is 15.0 Å². The van der Waals surface area contributed by atoms with Crippen LogP contribution >= 0.6 is 11.6 Å². The molecule has 0 radical (unpaired) electrons. The van der Waals surface area contributed by atoms with Gasteiger partial charge in [0.05, 0.1) is 5.02 Å². The van der Waals surface area contributed by atoms with Crippen molar-refractivity contribution in [1.29, 1.82) is 0 Å². The molecule has 2 aliphatic rings. The Morgan fingerprint density at radius 2 is 2.03 bits per heavy atom. The molecule has 3 atom stereocenters. The Morgan fingerprint density at radius 1 is 1.25 bits per heavy atom. The van der Waals surface area contributed by atoms with Crippen molar-refractivity contribution < 1.29 is 9.13 Å². The Labute approximate surface area is 190 Å². The topological polar surface area (TPSA) is 81.0 Å². The molecule has 1 saturated carbocycles. The minimum atomic E-state index is -0.646. The van der Waals surface area contributed by atoms with E-state index in [0.29, 0.717) is 17.8 Å². The number of anilines is 2. The van der Waals surface area contributed by atoms with Crippen LogP contribution in [-0.4, -0.2) is 43.9 Å². The molecule has 1 aromatic carbocycles. The van der Waals surface area contributed by atoms with Crippen LogP contribution in [0.25, 0.3) is 6.20 Å². The van der Waals surface area contributed by atoms with Crippen LogP contribution in [0.1, 0.15) is 18.5 Å². The maximum Gasteiger partial charge on any atom is 0.326 e. The predicted octanol–water partition coefficient (Wildman–Crippen LogP) is 4.39. The summed E-state index contributed by atoms with van der Waals surface area (Å²) in [6, 6.07) is 6.94. The van der Waals surface area contributed by atoms with Crippen molar-refractivity contribution in [3.05, 3.63) is 53.7 Å². The lowest BCUT2D eigenvalue weighted by Gasteiger charge is -2.38. The molecular formula is C22H23ClFN7O. The standard InChI is InChI=1S/C22H23ClFN7O/c1-3-31-22(32-17-6-4-5-16(23)19(17)24)28-21(29-31)27-20-14-7-8-15(20)11-30(10-14)18-9-13(2)25-12-26-18/h3-6,9,12,14-15,20H,1,7-8,10-11H2,2H3,(H,27,29)/t14-,15+,20?. The monoisotopic (exact) mass is 455 g/mol. The fourth-order valence-electron chi connectivity index (χ4n) is 4.63. The van der Waals surface area contributed by atoms with Gasteiger partial charge in [-0.05, 0) is 43.7 Å². The molecule has 2 aromatic heterocycles. The first-order valence-corrected chi connectivity index (χ1v) is 10.9. The van der Waals surface area contributed by atoms with Gasteiger partial charge in [-0.15, -0.1) is 5.10 Å². The summed E-state index contributed by atoms with van der Waals surface area (Å²) in [6.45, 7) is 7.53. The van der Waals surface area contributed by atoms with Crippen molar-refractivity contribution >= 4 is 29.6 Å². The average molecular weight is 456 g/mol. The second-order valence-corrected chi connectivity index (χ2v) is 8.60. The van der Waals surface area contributed by atoms with Crippen LogP contribution in [0.15, 0.2) is 37.2 Å². The van der Waals surface area contributed by atoms with Crippen LogP contribution in [-0.2, 0) is 0 Å². The van der Waals surface area contributed by atoms with Gasteiger partial charge in [-0.3, -0.25) is 0 Å². The van der Waals surface area contributed by atoms with Gasteiger partial charge in [0.25, 0.3) is 0 Å². The van der Waals surface area contributed by atoms with Crippen molar-refractivity contribution in [2.24, 2.45) is 11.8 Å². The number of aryl methyl sites for hydroxylation is 1. The van der Waals surface area contributed by atoms with Crippen LogP contribution in [0, 0.1) is 24.6 Å². The van der Waals surface area contributed by atoms with Crippen molar-refractivity contribution in [2.75, 3.05) is 23.3 Å². The van der Waals surface area contributed by atoms with E-state index >= 15 is 0 Å². The van der Waals surface area contributed by atoms with E-state index in [1.54, 1.807) is 12.4 Å².